The van der Waals surface area contributed by atoms with Gasteiger partial charge in [0.15, 0.2) is 6.23 Å². The van der Waals surface area contributed by atoms with Gasteiger partial charge in [0.2, 0.25) is 5.91 Å². The lowest BCUT2D eigenvalue weighted by Crippen LogP contribution is -2.52. The Morgan fingerprint density at radius 3 is 2.55 bits per heavy atom. The predicted molar refractivity (Wildman–Crippen MR) is 119 cm³/mol. The fourth-order valence-electron chi connectivity index (χ4n) is 4.75. The number of amides is 1. The van der Waals surface area contributed by atoms with Crippen LogP contribution < -0.4 is 5.32 Å². The number of phenolic OH excluding ortho intramolecular Hbond substituents is 2. The van der Waals surface area contributed by atoms with E-state index in [1.807, 2.05) is 13.8 Å². The number of carbonyl (C=O) groups excluding carboxylic acids is 2. The van der Waals surface area contributed by atoms with E-state index in [0.717, 1.165) is 12.5 Å². The number of hydrogen-bond acceptors (Lipinski definition) is 8. The second-order valence-corrected chi connectivity index (χ2v) is 10.0. The first-order valence-corrected chi connectivity index (χ1v) is 11.4. The molecule has 2 aliphatic heterocycles. The number of nitrogens with one attached hydrogen (secondary N) is 1. The van der Waals surface area contributed by atoms with E-state index in [1.54, 1.807) is 13.8 Å². The van der Waals surface area contributed by atoms with E-state index >= 15 is 0 Å². The molecule has 0 radical (unpaired) electrons. The number of cyclic esters (lactones) is 1. The average Bonchev–Trinajstić information content (AvgIpc) is 2.71. The lowest BCUT2D eigenvalue weighted by Gasteiger charge is -2.45. The fourth-order valence-corrected chi connectivity index (χ4v) is 4.75. The Labute approximate surface area is 193 Å². The Morgan fingerprint density at radius 2 is 1.91 bits per heavy atom. The molecule has 1 amide bonds. The van der Waals surface area contributed by atoms with Gasteiger partial charge in [0.1, 0.15) is 29.3 Å². The highest BCUT2D eigenvalue weighted by atomic mass is 16.5. The number of benzene rings is 1. The lowest BCUT2D eigenvalue weighted by atomic mass is 9.75. The number of ether oxygens (including phenoxy) is 2. The molecule has 184 valence electrons. The van der Waals surface area contributed by atoms with Crippen molar-refractivity contribution in [2.45, 2.75) is 90.9 Å². The molecule has 33 heavy (non-hydrogen) atoms. The average molecular weight is 466 g/mol. The van der Waals surface area contributed by atoms with Crippen LogP contribution in [0.1, 0.15) is 68.4 Å². The smallest absolute Gasteiger partial charge is 0.342 e. The molecule has 1 aromatic rings. The van der Waals surface area contributed by atoms with Crippen LogP contribution in [0.25, 0.3) is 0 Å². The summed E-state index contributed by atoms with van der Waals surface area (Å²) in [5, 5.41) is 43.9. The minimum atomic E-state index is -1.13. The zero-order valence-corrected chi connectivity index (χ0v) is 19.8. The highest BCUT2D eigenvalue weighted by Gasteiger charge is 2.43. The molecule has 9 heteroatoms. The van der Waals surface area contributed by atoms with Gasteiger partial charge in [-0.25, -0.2) is 4.79 Å². The Kier molecular flexibility index (Phi) is 7.26. The third kappa shape index (κ3) is 5.26. The zero-order chi connectivity index (χ0) is 24.7. The van der Waals surface area contributed by atoms with Gasteiger partial charge >= 0.3 is 5.97 Å². The minimum absolute atomic E-state index is 0.0507. The van der Waals surface area contributed by atoms with Crippen molar-refractivity contribution in [2.75, 3.05) is 0 Å². The van der Waals surface area contributed by atoms with Crippen molar-refractivity contribution in [1.29, 1.82) is 0 Å². The van der Waals surface area contributed by atoms with Crippen LogP contribution in [0.15, 0.2) is 6.07 Å². The van der Waals surface area contributed by atoms with Crippen LogP contribution in [0.4, 0.5) is 0 Å². The van der Waals surface area contributed by atoms with Crippen LogP contribution in [0.2, 0.25) is 0 Å². The number of carbonyl (C=O) groups is 2. The summed E-state index contributed by atoms with van der Waals surface area (Å²) in [6.45, 7) is 8.84. The monoisotopic (exact) mass is 465 g/mol. The molecule has 5 N–H and O–H groups in total. The van der Waals surface area contributed by atoms with Crippen molar-refractivity contribution in [3.05, 3.63) is 22.8 Å². The molecule has 1 saturated heterocycles. The number of aliphatic hydroxyl groups excluding tert-OH is 2. The highest BCUT2D eigenvalue weighted by molar-refractivity contribution is 5.96. The molecular formula is C24H35NO8. The fraction of sp³-hybridized carbons (Fsp3) is 0.667. The quantitative estimate of drug-likeness (QED) is 0.316. The summed E-state index contributed by atoms with van der Waals surface area (Å²) in [5.74, 6) is -1.92. The maximum Gasteiger partial charge on any atom is 0.342 e. The van der Waals surface area contributed by atoms with E-state index in [-0.39, 0.29) is 41.2 Å². The van der Waals surface area contributed by atoms with E-state index in [4.69, 9.17) is 9.47 Å². The minimum Gasteiger partial charge on any atom is -0.508 e. The maximum absolute atomic E-state index is 12.6. The van der Waals surface area contributed by atoms with E-state index in [0.29, 0.717) is 17.5 Å². The number of phenols is 2. The molecule has 0 bridgehead atoms. The number of aliphatic hydroxyl groups is 2. The number of fused-ring (bicyclic) bond motifs is 1. The van der Waals surface area contributed by atoms with Gasteiger partial charge < -0.3 is 35.2 Å². The van der Waals surface area contributed by atoms with Crippen molar-refractivity contribution < 1.29 is 39.5 Å². The molecule has 6 atom stereocenters. The molecule has 0 saturated carbocycles. The van der Waals surface area contributed by atoms with E-state index in [2.05, 4.69) is 5.32 Å². The number of esters is 1. The van der Waals surface area contributed by atoms with Crippen molar-refractivity contribution in [3.8, 4) is 11.5 Å². The van der Waals surface area contributed by atoms with Crippen LogP contribution in [0.3, 0.4) is 0 Å². The predicted octanol–water partition coefficient (Wildman–Crippen LogP) is 1.90. The van der Waals surface area contributed by atoms with Gasteiger partial charge in [-0.05, 0) is 36.3 Å². The number of aromatic hydroxyl groups is 2. The van der Waals surface area contributed by atoms with Gasteiger partial charge in [0.25, 0.3) is 0 Å². The second kappa shape index (κ2) is 9.48. The summed E-state index contributed by atoms with van der Waals surface area (Å²) in [5.41, 5.74) is 0.796. The van der Waals surface area contributed by atoms with Gasteiger partial charge in [-0.1, -0.05) is 20.8 Å². The summed E-state index contributed by atoms with van der Waals surface area (Å²) < 4.78 is 11.6. The Bertz CT molecular complexity index is 914. The molecule has 0 aliphatic carbocycles. The third-order valence-corrected chi connectivity index (χ3v) is 7.17. The second-order valence-electron chi connectivity index (χ2n) is 10.0. The first-order chi connectivity index (χ1) is 15.3. The van der Waals surface area contributed by atoms with Gasteiger partial charge in [-0.15, -0.1) is 0 Å². The van der Waals surface area contributed by atoms with E-state index in [9.17, 15) is 30.0 Å². The topological polar surface area (TPSA) is 146 Å². The highest BCUT2D eigenvalue weighted by Crippen LogP contribution is 2.41. The molecule has 1 unspecified atom stereocenters. The summed E-state index contributed by atoms with van der Waals surface area (Å²) in [4.78, 5) is 23.9. The van der Waals surface area contributed by atoms with E-state index in [1.165, 1.54) is 6.92 Å². The largest absolute Gasteiger partial charge is 0.508 e. The number of hydrogen-bond donors (Lipinski definition) is 5. The maximum atomic E-state index is 12.6. The molecule has 9 nitrogen and oxygen atoms in total. The Morgan fingerprint density at radius 1 is 1.24 bits per heavy atom. The summed E-state index contributed by atoms with van der Waals surface area (Å²) >= 11 is 0. The summed E-state index contributed by atoms with van der Waals surface area (Å²) in [7, 11) is 0. The molecule has 0 spiro atoms. The van der Waals surface area contributed by atoms with Crippen molar-refractivity contribution in [1.82, 2.24) is 5.32 Å². The van der Waals surface area contributed by atoms with Crippen molar-refractivity contribution >= 4 is 11.9 Å². The van der Waals surface area contributed by atoms with Gasteiger partial charge in [0, 0.05) is 31.7 Å². The molecule has 2 heterocycles. The SMILES string of the molecule is CC(=O)N[C@@H](O)[C@@H]1CCC(C)(C)C(C[C@H](O)[C@@H](C)[C@H]2Cc3c(C)c(O)cc(O)c3C(=O)O2)O1. The normalized spacial score (nSPS) is 27.1. The first kappa shape index (κ1) is 25.3. The van der Waals surface area contributed by atoms with E-state index < -0.39 is 42.5 Å². The third-order valence-electron chi connectivity index (χ3n) is 7.17. The molecule has 1 fully saturated rings. The molecule has 2 aliphatic rings. The van der Waals surface area contributed by atoms with Crippen LogP contribution in [0, 0.1) is 18.3 Å². The Hall–Kier alpha value is -2.36. The molecule has 0 aromatic heterocycles. The Balaban J connectivity index is 1.72. The zero-order valence-electron chi connectivity index (χ0n) is 19.8. The number of rotatable bonds is 6. The van der Waals surface area contributed by atoms with Gasteiger partial charge in [0.05, 0.1) is 12.2 Å². The summed E-state index contributed by atoms with van der Waals surface area (Å²) in [6.07, 6.45) is -1.81. The van der Waals surface area contributed by atoms with Crippen LogP contribution in [0.5, 0.6) is 11.5 Å². The standard InChI is InChI=1S/C24H35NO8/c1-11-14-8-19(33-23(31)21(14)17(29)9-15(11)27)12(2)16(28)10-20-24(4,5)7-6-18(32-20)22(30)25-13(3)26/h9,12,16,18-20,22,27-30H,6-8,10H2,1-5H3,(H,25,26)/t12-,16+,18+,19-,20?,22+/m1/s1. The molecule has 3 rings (SSSR count). The van der Waals surface area contributed by atoms with Crippen molar-refractivity contribution in [3.63, 3.8) is 0 Å². The van der Waals surface area contributed by atoms with Gasteiger partial charge in [-0.2, -0.15) is 0 Å². The van der Waals surface area contributed by atoms with Crippen LogP contribution >= 0.6 is 0 Å². The molecule has 1 aromatic carbocycles. The first-order valence-electron chi connectivity index (χ1n) is 11.4. The van der Waals surface area contributed by atoms with Crippen LogP contribution in [-0.4, -0.2) is 62.9 Å². The summed E-state index contributed by atoms with van der Waals surface area (Å²) in [6, 6.07) is 1.13. The van der Waals surface area contributed by atoms with Gasteiger partial charge in [-0.3, -0.25) is 4.79 Å². The molecular weight excluding hydrogens is 430 g/mol. The van der Waals surface area contributed by atoms with Crippen molar-refractivity contribution in [2.24, 2.45) is 11.3 Å². The van der Waals surface area contributed by atoms with Crippen LogP contribution in [-0.2, 0) is 20.7 Å². The lowest BCUT2D eigenvalue weighted by molar-refractivity contribution is -0.175.